The highest BCUT2D eigenvalue weighted by Crippen LogP contribution is 2.44. The van der Waals surface area contributed by atoms with Crippen LogP contribution in [-0.2, 0) is 16.1 Å². The second-order valence-electron chi connectivity index (χ2n) is 8.01. The molecule has 4 rings (SSSR count). The minimum Gasteiger partial charge on any atom is -0.480 e. The number of aromatic nitrogens is 1. The number of alkyl carbamates (subject to hydrolysis) is 1. The third kappa shape index (κ3) is 4.78. The molecule has 1 unspecified atom stereocenters. The number of nitrogens with one attached hydrogen (secondary N) is 2. The number of fused-ring (bicyclic) bond motifs is 3. The zero-order chi connectivity index (χ0) is 24.1. The highest BCUT2D eigenvalue weighted by atomic mass is 16.5. The van der Waals surface area contributed by atoms with E-state index in [2.05, 4.69) is 27.9 Å². The van der Waals surface area contributed by atoms with Gasteiger partial charge in [0, 0.05) is 5.92 Å². The monoisotopic (exact) mass is 463 g/mol. The van der Waals surface area contributed by atoms with Crippen LogP contribution in [0.25, 0.3) is 11.1 Å². The summed E-state index contributed by atoms with van der Waals surface area (Å²) in [7, 11) is 0. The first-order chi connectivity index (χ1) is 16.5. The van der Waals surface area contributed by atoms with Crippen molar-refractivity contribution in [3.05, 3.63) is 77.2 Å². The van der Waals surface area contributed by atoms with Crippen LogP contribution in [0.4, 0.5) is 4.79 Å². The number of rotatable bonds is 9. The number of carbonyl (C=O) groups excluding carboxylic acids is 2. The molecule has 0 bridgehead atoms. The van der Waals surface area contributed by atoms with Crippen LogP contribution in [0.15, 0.2) is 59.3 Å². The zero-order valence-electron chi connectivity index (χ0n) is 18.6. The molecule has 0 radical (unpaired) electrons. The lowest BCUT2D eigenvalue weighted by atomic mass is 9.98. The van der Waals surface area contributed by atoms with E-state index >= 15 is 0 Å². The number of hydrogen-bond acceptors (Lipinski definition) is 6. The van der Waals surface area contributed by atoms with Gasteiger partial charge in [-0.15, -0.1) is 0 Å². The standard InChI is InChI=1S/C25H25N3O6/c1-2-7-21(24(30)31)27-23(29)20-14-34-28-22(20)12-26-25(32)33-13-19-17-10-5-3-8-15(17)16-9-4-6-11-18(16)19/h3-6,8-11,14,19,21H,2,7,12-13H2,1H3,(H,26,32)(H,27,29)(H,30,31). The number of amides is 2. The number of hydrogen-bond donors (Lipinski definition) is 3. The van der Waals surface area contributed by atoms with Gasteiger partial charge in [-0.2, -0.15) is 0 Å². The van der Waals surface area contributed by atoms with Crippen LogP contribution in [-0.4, -0.2) is 40.9 Å². The molecule has 0 spiro atoms. The summed E-state index contributed by atoms with van der Waals surface area (Å²) < 4.78 is 10.3. The van der Waals surface area contributed by atoms with E-state index in [1.807, 2.05) is 43.3 Å². The Hall–Kier alpha value is -4.14. The van der Waals surface area contributed by atoms with E-state index in [1.54, 1.807) is 0 Å². The Bertz CT molecular complexity index is 1160. The van der Waals surface area contributed by atoms with E-state index in [0.29, 0.717) is 12.8 Å². The van der Waals surface area contributed by atoms with Crippen LogP contribution >= 0.6 is 0 Å². The average Bonchev–Trinajstić information content (AvgIpc) is 3.44. The molecular formula is C25H25N3O6. The third-order valence-corrected chi connectivity index (χ3v) is 5.81. The van der Waals surface area contributed by atoms with Crippen LogP contribution in [0.1, 0.15) is 52.9 Å². The van der Waals surface area contributed by atoms with Gasteiger partial charge in [0.2, 0.25) is 0 Å². The smallest absolute Gasteiger partial charge is 0.407 e. The summed E-state index contributed by atoms with van der Waals surface area (Å²) in [6.45, 7) is 1.87. The maximum Gasteiger partial charge on any atom is 0.407 e. The van der Waals surface area contributed by atoms with Gasteiger partial charge >= 0.3 is 12.1 Å². The van der Waals surface area contributed by atoms with Gasteiger partial charge in [-0.25, -0.2) is 9.59 Å². The van der Waals surface area contributed by atoms with Crippen LogP contribution in [0, 0.1) is 0 Å². The maximum absolute atomic E-state index is 12.5. The van der Waals surface area contributed by atoms with Crippen molar-refractivity contribution in [3.8, 4) is 11.1 Å². The number of aliphatic carboxylic acids is 1. The van der Waals surface area contributed by atoms with E-state index in [0.717, 1.165) is 28.5 Å². The van der Waals surface area contributed by atoms with Gasteiger partial charge in [0.1, 0.15) is 30.2 Å². The summed E-state index contributed by atoms with van der Waals surface area (Å²) in [5, 5.41) is 18.0. The summed E-state index contributed by atoms with van der Waals surface area (Å²) >= 11 is 0. The summed E-state index contributed by atoms with van der Waals surface area (Å²) in [5.74, 6) is -1.82. The van der Waals surface area contributed by atoms with Crippen LogP contribution in [0.2, 0.25) is 0 Å². The Labute approximate surface area is 196 Å². The van der Waals surface area contributed by atoms with E-state index in [-0.39, 0.29) is 30.3 Å². The lowest BCUT2D eigenvalue weighted by Gasteiger charge is -2.15. The van der Waals surface area contributed by atoms with Gasteiger partial charge < -0.3 is 25.0 Å². The molecule has 0 saturated carbocycles. The van der Waals surface area contributed by atoms with E-state index < -0.39 is 24.0 Å². The van der Waals surface area contributed by atoms with Gasteiger partial charge in [0.15, 0.2) is 0 Å². The number of benzene rings is 2. The minimum absolute atomic E-state index is 0.0568. The molecule has 2 amide bonds. The summed E-state index contributed by atoms with van der Waals surface area (Å²) in [6, 6.07) is 15.1. The molecule has 3 N–H and O–H groups in total. The Morgan fingerprint density at radius 2 is 1.74 bits per heavy atom. The SMILES string of the molecule is CCCC(NC(=O)c1conc1CNC(=O)OCC1c2ccccc2-c2ccccc21)C(=O)O. The highest BCUT2D eigenvalue weighted by molar-refractivity contribution is 5.97. The van der Waals surface area contributed by atoms with E-state index in [9.17, 15) is 19.5 Å². The van der Waals surface area contributed by atoms with Crippen molar-refractivity contribution >= 4 is 18.0 Å². The fourth-order valence-corrected chi connectivity index (χ4v) is 4.16. The predicted molar refractivity (Wildman–Crippen MR) is 122 cm³/mol. The fraction of sp³-hybridized carbons (Fsp3) is 0.280. The van der Waals surface area contributed by atoms with Crippen molar-refractivity contribution in [2.24, 2.45) is 0 Å². The van der Waals surface area contributed by atoms with Crippen LogP contribution in [0.3, 0.4) is 0 Å². The Balaban J connectivity index is 1.35. The Morgan fingerprint density at radius 1 is 1.09 bits per heavy atom. The van der Waals surface area contributed by atoms with Crippen LogP contribution in [0.5, 0.6) is 0 Å². The molecule has 176 valence electrons. The molecule has 1 atom stereocenters. The van der Waals surface area contributed by atoms with Crippen molar-refractivity contribution in [2.45, 2.75) is 38.3 Å². The molecule has 34 heavy (non-hydrogen) atoms. The second kappa shape index (κ2) is 10.2. The zero-order valence-corrected chi connectivity index (χ0v) is 18.6. The number of carboxylic acids is 1. The lowest BCUT2D eigenvalue weighted by Crippen LogP contribution is -2.41. The lowest BCUT2D eigenvalue weighted by molar-refractivity contribution is -0.139. The van der Waals surface area contributed by atoms with Gasteiger partial charge in [-0.1, -0.05) is 67.0 Å². The number of ether oxygens (including phenoxy) is 1. The first-order valence-corrected chi connectivity index (χ1v) is 11.0. The summed E-state index contributed by atoms with van der Waals surface area (Å²) in [5.41, 5.74) is 4.70. The number of carboxylic acid groups (broad SMARTS) is 1. The molecule has 0 saturated heterocycles. The fourth-order valence-electron chi connectivity index (χ4n) is 4.16. The van der Waals surface area contributed by atoms with E-state index in [4.69, 9.17) is 9.26 Å². The molecule has 0 fully saturated rings. The van der Waals surface area contributed by atoms with Crippen molar-refractivity contribution in [3.63, 3.8) is 0 Å². The predicted octanol–water partition coefficient (Wildman–Crippen LogP) is 3.70. The molecule has 3 aromatic rings. The van der Waals surface area contributed by atoms with E-state index in [1.165, 1.54) is 0 Å². The quantitative estimate of drug-likeness (QED) is 0.441. The molecule has 1 aromatic heterocycles. The molecule has 1 aliphatic rings. The van der Waals surface area contributed by atoms with Crippen molar-refractivity contribution in [2.75, 3.05) is 6.61 Å². The molecule has 1 aliphatic carbocycles. The van der Waals surface area contributed by atoms with Crippen LogP contribution < -0.4 is 10.6 Å². The Kier molecular flexibility index (Phi) is 6.91. The summed E-state index contributed by atoms with van der Waals surface area (Å²) in [4.78, 5) is 36.2. The maximum atomic E-state index is 12.5. The van der Waals surface area contributed by atoms with Crippen molar-refractivity contribution in [1.82, 2.24) is 15.8 Å². The number of nitrogens with zero attached hydrogens (tertiary/aromatic N) is 1. The molecule has 9 nitrogen and oxygen atoms in total. The first-order valence-electron chi connectivity index (χ1n) is 11.0. The third-order valence-electron chi connectivity index (χ3n) is 5.81. The summed E-state index contributed by atoms with van der Waals surface area (Å²) in [6.07, 6.45) is 1.34. The first kappa shape index (κ1) is 23.0. The molecular weight excluding hydrogens is 438 g/mol. The molecule has 2 aromatic carbocycles. The topological polar surface area (TPSA) is 131 Å². The largest absolute Gasteiger partial charge is 0.480 e. The van der Waals surface area contributed by atoms with Gasteiger partial charge in [0.25, 0.3) is 5.91 Å². The van der Waals surface area contributed by atoms with Crippen molar-refractivity contribution in [1.29, 1.82) is 0 Å². The second-order valence-corrected chi connectivity index (χ2v) is 8.01. The molecule has 9 heteroatoms. The van der Waals surface area contributed by atoms with Gasteiger partial charge in [-0.3, -0.25) is 4.79 Å². The average molecular weight is 463 g/mol. The Morgan fingerprint density at radius 3 is 2.35 bits per heavy atom. The van der Waals surface area contributed by atoms with Gasteiger partial charge in [-0.05, 0) is 28.7 Å². The minimum atomic E-state index is -1.12. The molecule has 1 heterocycles. The highest BCUT2D eigenvalue weighted by Gasteiger charge is 2.29. The normalized spacial score (nSPS) is 13.0. The van der Waals surface area contributed by atoms with Crippen molar-refractivity contribution < 1.29 is 28.8 Å². The van der Waals surface area contributed by atoms with Gasteiger partial charge in [0.05, 0.1) is 6.54 Å². The molecule has 0 aliphatic heterocycles. The number of carbonyl (C=O) groups is 3.